The van der Waals surface area contributed by atoms with Gasteiger partial charge in [0.2, 0.25) is 5.91 Å². The molecule has 0 bridgehead atoms. The summed E-state index contributed by atoms with van der Waals surface area (Å²) in [4.78, 5) is 37.0. The first kappa shape index (κ1) is 26.0. The van der Waals surface area contributed by atoms with Gasteiger partial charge in [-0.3, -0.25) is 9.59 Å². The van der Waals surface area contributed by atoms with E-state index in [1.807, 2.05) is 48.5 Å². The van der Waals surface area contributed by atoms with Gasteiger partial charge in [0.15, 0.2) is 5.12 Å². The summed E-state index contributed by atoms with van der Waals surface area (Å²) in [6, 6.07) is 19.1. The number of hydrogen-bond donors (Lipinski definition) is 1. The molecule has 5 nitrogen and oxygen atoms in total. The van der Waals surface area contributed by atoms with E-state index in [9.17, 15) is 14.4 Å². The Morgan fingerprint density at radius 1 is 0.938 bits per heavy atom. The number of carbonyl (C=O) groups is 3. The average molecular weight is 474 g/mol. The second-order valence-corrected chi connectivity index (χ2v) is 9.66. The van der Waals surface area contributed by atoms with Crippen molar-refractivity contribution in [3.05, 3.63) is 71.8 Å². The van der Waals surface area contributed by atoms with Gasteiger partial charge in [0.05, 0.1) is 12.5 Å². The molecule has 0 saturated heterocycles. The molecule has 2 atom stereocenters. The van der Waals surface area contributed by atoms with Crippen LogP contribution in [0.2, 0.25) is 0 Å². The van der Waals surface area contributed by atoms with Crippen LogP contribution in [-0.2, 0) is 32.0 Å². The zero-order chi connectivity index (χ0) is 23.2. The summed E-state index contributed by atoms with van der Waals surface area (Å²) in [6.45, 7) is 3.50. The van der Waals surface area contributed by atoms with Crippen molar-refractivity contribution in [3.63, 3.8) is 0 Å². The number of amides is 1. The number of hydrogen-bond acceptors (Lipinski definition) is 6. The maximum atomic E-state index is 13.1. The SMILES string of the molecule is CCOC(=O)[C@H](CSCCc1ccccc1)NC(=O)[C@H](CSC(C)=O)Cc1ccccc1. The van der Waals surface area contributed by atoms with Crippen molar-refractivity contribution in [2.45, 2.75) is 32.7 Å². The monoisotopic (exact) mass is 473 g/mol. The van der Waals surface area contributed by atoms with E-state index in [0.717, 1.165) is 29.5 Å². The van der Waals surface area contributed by atoms with Gasteiger partial charge in [0.1, 0.15) is 6.04 Å². The summed E-state index contributed by atoms with van der Waals surface area (Å²) in [5.41, 5.74) is 2.25. The number of nitrogens with one attached hydrogen (secondary N) is 1. The zero-order valence-electron chi connectivity index (χ0n) is 18.6. The minimum atomic E-state index is -0.719. The van der Waals surface area contributed by atoms with Crippen molar-refractivity contribution < 1.29 is 19.1 Å². The smallest absolute Gasteiger partial charge is 0.329 e. The van der Waals surface area contributed by atoms with Crippen LogP contribution in [0.1, 0.15) is 25.0 Å². The molecule has 1 N–H and O–H groups in total. The minimum absolute atomic E-state index is 0.0331. The summed E-state index contributed by atoms with van der Waals surface area (Å²) < 4.78 is 5.19. The molecule has 0 spiro atoms. The Morgan fingerprint density at radius 2 is 1.56 bits per heavy atom. The number of carbonyl (C=O) groups excluding carboxylic acids is 3. The van der Waals surface area contributed by atoms with Crippen molar-refractivity contribution in [1.82, 2.24) is 5.32 Å². The minimum Gasteiger partial charge on any atom is -0.464 e. The Labute approximate surface area is 199 Å². The molecule has 1 amide bonds. The van der Waals surface area contributed by atoms with Crippen LogP contribution < -0.4 is 5.32 Å². The first-order valence-corrected chi connectivity index (χ1v) is 12.9. The highest BCUT2D eigenvalue weighted by Gasteiger charge is 2.27. The predicted octanol–water partition coefficient (Wildman–Crippen LogP) is 4.15. The normalized spacial score (nSPS) is 12.6. The molecule has 2 aromatic rings. The zero-order valence-corrected chi connectivity index (χ0v) is 20.3. The van der Waals surface area contributed by atoms with E-state index >= 15 is 0 Å². The molecule has 0 aliphatic carbocycles. The molecule has 0 unspecified atom stereocenters. The predicted molar refractivity (Wildman–Crippen MR) is 133 cm³/mol. The average Bonchev–Trinajstić information content (AvgIpc) is 2.79. The van der Waals surface area contributed by atoms with E-state index in [0.29, 0.717) is 17.9 Å². The van der Waals surface area contributed by atoms with Gasteiger partial charge >= 0.3 is 5.97 Å². The van der Waals surface area contributed by atoms with Crippen LogP contribution in [0.25, 0.3) is 0 Å². The fourth-order valence-electron chi connectivity index (χ4n) is 3.08. The van der Waals surface area contributed by atoms with Crippen molar-refractivity contribution in [1.29, 1.82) is 0 Å². The van der Waals surface area contributed by atoms with Crippen LogP contribution in [0.5, 0.6) is 0 Å². The van der Waals surface area contributed by atoms with Crippen LogP contribution in [-0.4, -0.2) is 46.9 Å². The molecule has 2 aromatic carbocycles. The van der Waals surface area contributed by atoms with Crippen LogP contribution >= 0.6 is 23.5 Å². The highest BCUT2D eigenvalue weighted by molar-refractivity contribution is 8.13. The van der Waals surface area contributed by atoms with E-state index in [4.69, 9.17) is 4.74 Å². The van der Waals surface area contributed by atoms with Crippen LogP contribution in [0.3, 0.4) is 0 Å². The number of esters is 1. The molecule has 32 heavy (non-hydrogen) atoms. The number of benzene rings is 2. The topological polar surface area (TPSA) is 72.5 Å². The molecule has 7 heteroatoms. The lowest BCUT2D eigenvalue weighted by atomic mass is 10.00. The van der Waals surface area contributed by atoms with Gasteiger partial charge in [-0.2, -0.15) is 11.8 Å². The van der Waals surface area contributed by atoms with Gasteiger partial charge in [-0.05, 0) is 36.6 Å². The van der Waals surface area contributed by atoms with Gasteiger partial charge in [-0.25, -0.2) is 4.79 Å². The van der Waals surface area contributed by atoms with E-state index < -0.39 is 17.9 Å². The summed E-state index contributed by atoms with van der Waals surface area (Å²) in [7, 11) is 0. The molecule has 0 aromatic heterocycles. The van der Waals surface area contributed by atoms with E-state index in [2.05, 4.69) is 17.4 Å². The number of ether oxygens (including phenoxy) is 1. The van der Waals surface area contributed by atoms with Gasteiger partial charge < -0.3 is 10.1 Å². The molecule has 0 saturated carbocycles. The lowest BCUT2D eigenvalue weighted by Gasteiger charge is -2.21. The fraction of sp³-hybridized carbons (Fsp3) is 0.400. The Bertz CT molecular complexity index is 846. The lowest BCUT2D eigenvalue weighted by molar-refractivity contribution is -0.147. The number of rotatable bonds is 13. The Hall–Kier alpha value is -2.25. The molecule has 0 fully saturated rings. The third kappa shape index (κ3) is 9.92. The number of aryl methyl sites for hydroxylation is 1. The maximum Gasteiger partial charge on any atom is 0.329 e. The molecule has 0 aliphatic heterocycles. The Morgan fingerprint density at radius 3 is 2.16 bits per heavy atom. The summed E-state index contributed by atoms with van der Waals surface area (Å²) in [5.74, 6) is 0.568. The summed E-state index contributed by atoms with van der Waals surface area (Å²) >= 11 is 2.74. The second-order valence-electron chi connectivity index (χ2n) is 7.31. The molecule has 0 radical (unpaired) electrons. The highest BCUT2D eigenvalue weighted by Crippen LogP contribution is 2.17. The van der Waals surface area contributed by atoms with Crippen LogP contribution in [0.4, 0.5) is 0 Å². The lowest BCUT2D eigenvalue weighted by Crippen LogP contribution is -2.47. The van der Waals surface area contributed by atoms with E-state index in [-0.39, 0.29) is 17.6 Å². The molecular weight excluding hydrogens is 442 g/mol. The third-order valence-corrected chi connectivity index (χ3v) is 6.77. The van der Waals surface area contributed by atoms with Crippen molar-refractivity contribution in [3.8, 4) is 0 Å². The standard InChI is InChI=1S/C25H31NO4S2/c1-3-30-25(29)23(18-31-15-14-20-10-6-4-7-11-20)26-24(28)22(17-32-19(2)27)16-21-12-8-5-9-13-21/h4-13,22-23H,3,14-18H2,1-2H3,(H,26,28)/t22-,23-/m0/s1. The quantitative estimate of drug-likeness (QED) is 0.348. The Balaban J connectivity index is 1.98. The maximum absolute atomic E-state index is 13.1. The Kier molecular flexibility index (Phi) is 12.0. The summed E-state index contributed by atoms with van der Waals surface area (Å²) in [6.07, 6.45) is 1.39. The van der Waals surface area contributed by atoms with Gasteiger partial charge in [0.25, 0.3) is 0 Å². The first-order valence-electron chi connectivity index (χ1n) is 10.8. The van der Waals surface area contributed by atoms with Crippen molar-refractivity contribution in [2.75, 3.05) is 23.9 Å². The molecule has 0 heterocycles. The van der Waals surface area contributed by atoms with Crippen LogP contribution in [0, 0.1) is 5.92 Å². The highest BCUT2D eigenvalue weighted by atomic mass is 32.2. The van der Waals surface area contributed by atoms with Gasteiger partial charge in [-0.15, -0.1) is 0 Å². The van der Waals surface area contributed by atoms with E-state index in [1.165, 1.54) is 12.5 Å². The van der Waals surface area contributed by atoms with Gasteiger partial charge in [0, 0.05) is 18.4 Å². The largest absolute Gasteiger partial charge is 0.464 e. The third-order valence-electron chi connectivity index (χ3n) is 4.73. The molecule has 0 aliphatic rings. The summed E-state index contributed by atoms with van der Waals surface area (Å²) in [5, 5.41) is 2.85. The van der Waals surface area contributed by atoms with E-state index in [1.54, 1.807) is 18.7 Å². The number of thioether (sulfide) groups is 2. The first-order chi connectivity index (χ1) is 15.5. The van der Waals surface area contributed by atoms with Crippen molar-refractivity contribution in [2.24, 2.45) is 5.92 Å². The molecule has 172 valence electrons. The van der Waals surface area contributed by atoms with Gasteiger partial charge in [-0.1, -0.05) is 72.4 Å². The molecular formula is C25H31NO4S2. The molecule has 2 rings (SSSR count). The van der Waals surface area contributed by atoms with Crippen LogP contribution in [0.15, 0.2) is 60.7 Å². The second kappa shape index (κ2) is 14.7. The van der Waals surface area contributed by atoms with Crippen molar-refractivity contribution >= 4 is 40.5 Å². The fourth-order valence-corrected chi connectivity index (χ4v) is 4.79.